The number of hydrogen-bond acceptors (Lipinski definition) is 4. The molecular formula is C15H15N3O4. The molecule has 1 aromatic carbocycles. The fourth-order valence-corrected chi connectivity index (χ4v) is 2.02. The van der Waals surface area contributed by atoms with Crippen molar-refractivity contribution in [2.75, 3.05) is 0 Å². The smallest absolute Gasteiger partial charge is 0.285 e. The monoisotopic (exact) mass is 301 g/mol. The molecule has 1 amide bonds. The van der Waals surface area contributed by atoms with Gasteiger partial charge in [0.25, 0.3) is 11.2 Å². The number of nitrogens with one attached hydrogen (secondary N) is 1. The van der Waals surface area contributed by atoms with Crippen molar-refractivity contribution >= 4 is 11.6 Å². The predicted octanol–water partition coefficient (Wildman–Crippen LogP) is 1.63. The third kappa shape index (κ3) is 3.78. The summed E-state index contributed by atoms with van der Waals surface area (Å²) >= 11 is 0. The van der Waals surface area contributed by atoms with Gasteiger partial charge in [0, 0.05) is 12.1 Å². The van der Waals surface area contributed by atoms with Gasteiger partial charge in [0.15, 0.2) is 0 Å². The molecule has 114 valence electrons. The number of rotatable bonds is 5. The van der Waals surface area contributed by atoms with Gasteiger partial charge in [-0.2, -0.15) is 0 Å². The normalized spacial score (nSPS) is 11.7. The Bertz CT molecular complexity index is 740. The molecule has 0 bridgehead atoms. The first-order valence-corrected chi connectivity index (χ1v) is 6.66. The molecule has 0 saturated carbocycles. The van der Waals surface area contributed by atoms with Crippen LogP contribution in [0.1, 0.15) is 18.5 Å². The zero-order valence-electron chi connectivity index (χ0n) is 11.9. The van der Waals surface area contributed by atoms with Gasteiger partial charge in [0.05, 0.1) is 17.2 Å². The molecule has 0 aliphatic heterocycles. The van der Waals surface area contributed by atoms with Crippen molar-refractivity contribution < 1.29 is 9.72 Å². The number of amides is 1. The van der Waals surface area contributed by atoms with Crippen molar-refractivity contribution in [2.24, 2.45) is 0 Å². The summed E-state index contributed by atoms with van der Waals surface area (Å²) in [7, 11) is 0. The van der Waals surface area contributed by atoms with E-state index in [0.29, 0.717) is 0 Å². The van der Waals surface area contributed by atoms with E-state index in [0.717, 1.165) is 28.5 Å². The van der Waals surface area contributed by atoms with E-state index in [9.17, 15) is 19.7 Å². The molecule has 1 N–H and O–H groups in total. The van der Waals surface area contributed by atoms with Crippen LogP contribution in [0.5, 0.6) is 0 Å². The van der Waals surface area contributed by atoms with Gasteiger partial charge < -0.3 is 5.32 Å². The van der Waals surface area contributed by atoms with Gasteiger partial charge in [-0.05, 0) is 12.5 Å². The van der Waals surface area contributed by atoms with Crippen molar-refractivity contribution in [1.29, 1.82) is 0 Å². The standard InChI is InChI=1S/C15H15N3O4/c1-11(12-5-3-2-4-6-12)16-14(19)10-17-9-13(18(21)22)7-8-15(17)20/h2-9,11H,10H2,1H3,(H,16,19). The Kier molecular flexibility index (Phi) is 4.67. The van der Waals surface area contributed by atoms with Gasteiger partial charge in [0.2, 0.25) is 5.91 Å². The maximum atomic E-state index is 12.0. The van der Waals surface area contributed by atoms with Crippen molar-refractivity contribution in [3.05, 3.63) is 74.7 Å². The molecule has 1 heterocycles. The summed E-state index contributed by atoms with van der Waals surface area (Å²) < 4.78 is 1.02. The van der Waals surface area contributed by atoms with E-state index in [1.54, 1.807) is 0 Å². The average molecular weight is 301 g/mol. The van der Waals surface area contributed by atoms with Crippen LogP contribution in [0, 0.1) is 10.1 Å². The van der Waals surface area contributed by atoms with E-state index in [1.807, 2.05) is 37.3 Å². The maximum Gasteiger partial charge on any atom is 0.285 e. The minimum atomic E-state index is -0.611. The number of pyridine rings is 1. The second-order valence-corrected chi connectivity index (χ2v) is 4.81. The van der Waals surface area contributed by atoms with Crippen LogP contribution in [0.25, 0.3) is 0 Å². The molecule has 2 aromatic rings. The number of nitro groups is 1. The molecule has 0 spiro atoms. The topological polar surface area (TPSA) is 94.2 Å². The first-order chi connectivity index (χ1) is 10.5. The zero-order chi connectivity index (χ0) is 16.1. The van der Waals surface area contributed by atoms with Crippen LogP contribution < -0.4 is 10.9 Å². The number of aromatic nitrogens is 1. The Morgan fingerprint density at radius 3 is 2.59 bits per heavy atom. The lowest BCUT2D eigenvalue weighted by atomic mass is 10.1. The first-order valence-electron chi connectivity index (χ1n) is 6.66. The lowest BCUT2D eigenvalue weighted by Crippen LogP contribution is -2.33. The number of hydrogen-bond donors (Lipinski definition) is 1. The molecule has 7 heteroatoms. The number of carbonyl (C=O) groups is 1. The van der Waals surface area contributed by atoms with Crippen LogP contribution in [0.3, 0.4) is 0 Å². The SMILES string of the molecule is CC(NC(=O)Cn1cc([N+](=O)[O-])ccc1=O)c1ccccc1. The maximum absolute atomic E-state index is 12.0. The van der Waals surface area contributed by atoms with E-state index < -0.39 is 10.5 Å². The van der Waals surface area contributed by atoms with Gasteiger partial charge in [-0.15, -0.1) is 0 Å². The third-order valence-electron chi connectivity index (χ3n) is 3.17. The van der Waals surface area contributed by atoms with Gasteiger partial charge in [0.1, 0.15) is 6.54 Å². The highest BCUT2D eigenvalue weighted by molar-refractivity contribution is 5.76. The fourth-order valence-electron chi connectivity index (χ4n) is 2.02. The van der Waals surface area contributed by atoms with Gasteiger partial charge in [-0.1, -0.05) is 30.3 Å². The Balaban J connectivity index is 2.08. The number of carbonyl (C=O) groups excluding carboxylic acids is 1. The lowest BCUT2D eigenvalue weighted by molar-refractivity contribution is -0.385. The first kappa shape index (κ1) is 15.4. The highest BCUT2D eigenvalue weighted by atomic mass is 16.6. The van der Waals surface area contributed by atoms with Crippen LogP contribution in [0.2, 0.25) is 0 Å². The van der Waals surface area contributed by atoms with Crippen molar-refractivity contribution in [2.45, 2.75) is 19.5 Å². The van der Waals surface area contributed by atoms with E-state index in [-0.39, 0.29) is 24.2 Å². The molecule has 0 fully saturated rings. The Morgan fingerprint density at radius 2 is 1.95 bits per heavy atom. The summed E-state index contributed by atoms with van der Waals surface area (Å²) in [4.78, 5) is 33.7. The Hall–Kier alpha value is -2.96. The molecule has 0 saturated heterocycles. The largest absolute Gasteiger partial charge is 0.348 e. The summed E-state index contributed by atoms with van der Waals surface area (Å²) in [6.45, 7) is 1.56. The van der Waals surface area contributed by atoms with Crippen LogP contribution in [-0.2, 0) is 11.3 Å². The highest BCUT2D eigenvalue weighted by Gasteiger charge is 2.13. The summed E-state index contributed by atoms with van der Waals surface area (Å²) in [6, 6.07) is 11.3. The molecule has 7 nitrogen and oxygen atoms in total. The van der Waals surface area contributed by atoms with Crippen LogP contribution in [-0.4, -0.2) is 15.4 Å². The molecule has 1 atom stereocenters. The minimum Gasteiger partial charge on any atom is -0.348 e. The zero-order valence-corrected chi connectivity index (χ0v) is 11.9. The molecule has 0 radical (unpaired) electrons. The molecule has 2 rings (SSSR count). The Labute approximate surface area is 126 Å². The lowest BCUT2D eigenvalue weighted by Gasteiger charge is -2.14. The van der Waals surface area contributed by atoms with Gasteiger partial charge >= 0.3 is 0 Å². The second-order valence-electron chi connectivity index (χ2n) is 4.81. The average Bonchev–Trinajstić information content (AvgIpc) is 2.50. The second kappa shape index (κ2) is 6.66. The van der Waals surface area contributed by atoms with Crippen LogP contribution in [0.4, 0.5) is 5.69 Å². The molecule has 22 heavy (non-hydrogen) atoms. The molecule has 1 unspecified atom stereocenters. The minimum absolute atomic E-state index is 0.219. The summed E-state index contributed by atoms with van der Waals surface area (Å²) in [5, 5.41) is 13.5. The van der Waals surface area contributed by atoms with E-state index in [4.69, 9.17) is 0 Å². The third-order valence-corrected chi connectivity index (χ3v) is 3.17. The van der Waals surface area contributed by atoms with Gasteiger partial charge in [-0.3, -0.25) is 24.3 Å². The van der Waals surface area contributed by atoms with E-state index in [1.165, 1.54) is 0 Å². The van der Waals surface area contributed by atoms with Crippen molar-refractivity contribution in [3.63, 3.8) is 0 Å². The summed E-state index contributed by atoms with van der Waals surface area (Å²) in [6.07, 6.45) is 1.06. The highest BCUT2D eigenvalue weighted by Crippen LogP contribution is 2.11. The number of nitrogens with zero attached hydrogens (tertiary/aromatic N) is 2. The molecular weight excluding hydrogens is 286 g/mol. The molecule has 1 aromatic heterocycles. The van der Waals surface area contributed by atoms with Crippen molar-refractivity contribution in [1.82, 2.24) is 9.88 Å². The van der Waals surface area contributed by atoms with Crippen LogP contribution >= 0.6 is 0 Å². The van der Waals surface area contributed by atoms with Gasteiger partial charge in [-0.25, -0.2) is 0 Å². The molecule has 0 aliphatic rings. The van der Waals surface area contributed by atoms with E-state index >= 15 is 0 Å². The summed E-state index contributed by atoms with van der Waals surface area (Å²) in [5.41, 5.74) is 0.235. The summed E-state index contributed by atoms with van der Waals surface area (Å²) in [5.74, 6) is -0.390. The fraction of sp³-hybridized carbons (Fsp3) is 0.200. The van der Waals surface area contributed by atoms with Crippen LogP contribution in [0.15, 0.2) is 53.5 Å². The number of benzene rings is 1. The molecule has 0 aliphatic carbocycles. The quantitative estimate of drug-likeness (QED) is 0.671. The van der Waals surface area contributed by atoms with Crippen molar-refractivity contribution in [3.8, 4) is 0 Å². The van der Waals surface area contributed by atoms with E-state index in [2.05, 4.69) is 5.32 Å². The Morgan fingerprint density at radius 1 is 1.27 bits per heavy atom. The predicted molar refractivity (Wildman–Crippen MR) is 80.4 cm³/mol.